The second-order valence-electron chi connectivity index (χ2n) is 3.79. The van der Waals surface area contributed by atoms with Crippen molar-refractivity contribution in [1.82, 2.24) is 4.98 Å². The quantitative estimate of drug-likeness (QED) is 0.787. The van der Waals surface area contributed by atoms with Crippen molar-refractivity contribution in [2.24, 2.45) is 0 Å². The lowest BCUT2D eigenvalue weighted by molar-refractivity contribution is -0.137. The van der Waals surface area contributed by atoms with E-state index in [0.29, 0.717) is 6.54 Å². The van der Waals surface area contributed by atoms with E-state index >= 15 is 0 Å². The van der Waals surface area contributed by atoms with E-state index in [1.54, 1.807) is 0 Å². The Kier molecular flexibility index (Phi) is 3.03. The average Bonchev–Trinajstić information content (AvgIpc) is 2.57. The highest BCUT2D eigenvalue weighted by molar-refractivity contribution is 7.81. The highest BCUT2D eigenvalue weighted by Crippen LogP contribution is 2.32. The third-order valence-electron chi connectivity index (χ3n) is 2.47. The van der Waals surface area contributed by atoms with E-state index in [0.717, 1.165) is 12.3 Å². The molecule has 17 heavy (non-hydrogen) atoms. The fraction of sp³-hybridized carbons (Fsp3) is 0.400. The summed E-state index contributed by atoms with van der Waals surface area (Å²) in [5.74, 6) is -0.230. The number of anilines is 1. The number of carbonyl (C=O) groups excluding carboxylic acids is 1. The molecule has 0 aromatic carbocycles. The summed E-state index contributed by atoms with van der Waals surface area (Å²) in [6.45, 7) is 0.310. The van der Waals surface area contributed by atoms with E-state index in [2.05, 4.69) is 17.6 Å². The molecule has 2 heterocycles. The Hall–Kier alpha value is -1.24. The largest absolute Gasteiger partial charge is 0.417 e. The zero-order valence-electron chi connectivity index (χ0n) is 8.61. The topological polar surface area (TPSA) is 33.2 Å². The maximum atomic E-state index is 12.5. The number of carbonyl (C=O) groups is 1. The monoisotopic (exact) mass is 262 g/mol. The van der Waals surface area contributed by atoms with Gasteiger partial charge in [-0.3, -0.25) is 9.78 Å². The number of amides is 1. The predicted molar refractivity (Wildman–Crippen MR) is 59.0 cm³/mol. The summed E-state index contributed by atoms with van der Waals surface area (Å²) in [6.07, 6.45) is -2.23. The first-order chi connectivity index (χ1) is 7.88. The number of hydrogen-bond acceptors (Lipinski definition) is 3. The van der Waals surface area contributed by atoms with Crippen LogP contribution in [-0.2, 0) is 11.0 Å². The molecule has 1 aromatic rings. The third-order valence-corrected chi connectivity index (χ3v) is 2.81. The standard InChI is InChI=1S/C10H9F3N2OS/c11-10(12,13)6-1-7(4-14-3-6)15-5-8(17)2-9(15)16/h1,3-4,8,17H,2,5H2. The SMILES string of the molecule is O=C1CC(S)CN1c1cncc(C(F)(F)F)c1. The van der Waals surface area contributed by atoms with Gasteiger partial charge in [0.15, 0.2) is 0 Å². The molecule has 1 saturated heterocycles. The van der Waals surface area contributed by atoms with Gasteiger partial charge in [0.25, 0.3) is 0 Å². The molecule has 1 unspecified atom stereocenters. The molecule has 3 nitrogen and oxygen atoms in total. The van der Waals surface area contributed by atoms with E-state index < -0.39 is 11.7 Å². The molecule has 2 rings (SSSR count). The van der Waals surface area contributed by atoms with Gasteiger partial charge in [0, 0.05) is 24.4 Å². The summed E-state index contributed by atoms with van der Waals surface area (Å²) in [6, 6.07) is 0.927. The number of thiol groups is 1. The smallest absolute Gasteiger partial charge is 0.310 e. The summed E-state index contributed by atoms with van der Waals surface area (Å²) in [7, 11) is 0. The van der Waals surface area contributed by atoms with Crippen LogP contribution in [0.15, 0.2) is 18.5 Å². The number of hydrogen-bond donors (Lipinski definition) is 1. The molecule has 0 spiro atoms. The van der Waals surface area contributed by atoms with Crippen molar-refractivity contribution in [3.63, 3.8) is 0 Å². The van der Waals surface area contributed by atoms with Crippen LogP contribution in [0, 0.1) is 0 Å². The van der Waals surface area contributed by atoms with Gasteiger partial charge in [-0.25, -0.2) is 0 Å². The molecule has 92 valence electrons. The lowest BCUT2D eigenvalue weighted by Crippen LogP contribution is -2.25. The van der Waals surface area contributed by atoms with Crippen LogP contribution in [0.3, 0.4) is 0 Å². The average molecular weight is 262 g/mol. The maximum Gasteiger partial charge on any atom is 0.417 e. The molecule has 1 atom stereocenters. The Labute approximate surface area is 101 Å². The second-order valence-corrected chi connectivity index (χ2v) is 4.52. The molecule has 0 saturated carbocycles. The molecule has 1 aromatic heterocycles. The second kappa shape index (κ2) is 4.21. The van der Waals surface area contributed by atoms with Crippen LogP contribution in [0.4, 0.5) is 18.9 Å². The molecule has 1 fully saturated rings. The molecule has 1 aliphatic heterocycles. The fourth-order valence-corrected chi connectivity index (χ4v) is 1.99. The van der Waals surface area contributed by atoms with Gasteiger partial charge in [-0.2, -0.15) is 25.8 Å². The van der Waals surface area contributed by atoms with Crippen LogP contribution < -0.4 is 4.90 Å². The summed E-state index contributed by atoms with van der Waals surface area (Å²) < 4.78 is 37.4. The number of halogens is 3. The summed E-state index contributed by atoms with van der Waals surface area (Å²) in [4.78, 5) is 16.3. The van der Waals surface area contributed by atoms with Crippen LogP contribution >= 0.6 is 12.6 Å². The minimum Gasteiger partial charge on any atom is -0.310 e. The molecule has 1 amide bonds. The van der Waals surface area contributed by atoms with Gasteiger partial charge < -0.3 is 4.90 Å². The van der Waals surface area contributed by atoms with Gasteiger partial charge in [-0.15, -0.1) is 0 Å². The number of pyridine rings is 1. The van der Waals surface area contributed by atoms with Crippen molar-refractivity contribution in [3.8, 4) is 0 Å². The summed E-state index contributed by atoms with van der Waals surface area (Å²) >= 11 is 4.14. The highest BCUT2D eigenvalue weighted by atomic mass is 32.1. The Morgan fingerprint density at radius 2 is 2.12 bits per heavy atom. The first-order valence-electron chi connectivity index (χ1n) is 4.88. The molecular formula is C10H9F3N2OS. The van der Waals surface area contributed by atoms with E-state index in [-0.39, 0.29) is 23.3 Å². The van der Waals surface area contributed by atoms with Gasteiger partial charge in [0.05, 0.1) is 17.4 Å². The third kappa shape index (κ3) is 2.54. The maximum absolute atomic E-state index is 12.5. The van der Waals surface area contributed by atoms with Gasteiger partial charge >= 0.3 is 6.18 Å². The summed E-state index contributed by atoms with van der Waals surface area (Å²) in [5.41, 5.74) is -0.688. The van der Waals surface area contributed by atoms with Gasteiger partial charge in [-0.05, 0) is 6.07 Å². The van der Waals surface area contributed by atoms with Crippen molar-refractivity contribution in [2.45, 2.75) is 17.8 Å². The Morgan fingerprint density at radius 3 is 2.65 bits per heavy atom. The molecule has 7 heteroatoms. The van der Waals surface area contributed by atoms with Crippen LogP contribution in [0.5, 0.6) is 0 Å². The Balaban J connectivity index is 2.31. The molecule has 0 N–H and O–H groups in total. The number of nitrogens with zero attached hydrogens (tertiary/aromatic N) is 2. The number of aromatic nitrogens is 1. The zero-order valence-corrected chi connectivity index (χ0v) is 9.50. The Bertz CT molecular complexity index is 449. The normalized spacial score (nSPS) is 21.1. The predicted octanol–water partition coefficient (Wildman–Crippen LogP) is 2.14. The van der Waals surface area contributed by atoms with Crippen LogP contribution in [-0.4, -0.2) is 22.7 Å². The minimum atomic E-state index is -4.45. The molecule has 0 aliphatic carbocycles. The van der Waals surface area contributed by atoms with Crippen molar-refractivity contribution in [2.75, 3.05) is 11.4 Å². The number of alkyl halides is 3. The van der Waals surface area contributed by atoms with Crippen LogP contribution in [0.1, 0.15) is 12.0 Å². The van der Waals surface area contributed by atoms with Gasteiger partial charge in [0.2, 0.25) is 5.91 Å². The molecule has 0 bridgehead atoms. The first kappa shape index (κ1) is 12.2. The van der Waals surface area contributed by atoms with Gasteiger partial charge in [-0.1, -0.05) is 0 Å². The minimum absolute atomic E-state index is 0.142. The first-order valence-corrected chi connectivity index (χ1v) is 5.40. The van der Waals surface area contributed by atoms with E-state index in [9.17, 15) is 18.0 Å². The van der Waals surface area contributed by atoms with E-state index in [1.165, 1.54) is 11.1 Å². The summed E-state index contributed by atoms with van der Waals surface area (Å²) in [5, 5.41) is -0.142. The van der Waals surface area contributed by atoms with Crippen molar-refractivity contribution in [3.05, 3.63) is 24.0 Å². The van der Waals surface area contributed by atoms with Crippen LogP contribution in [0.25, 0.3) is 0 Å². The molecular weight excluding hydrogens is 253 g/mol. The number of rotatable bonds is 1. The Morgan fingerprint density at radius 1 is 1.41 bits per heavy atom. The van der Waals surface area contributed by atoms with Crippen molar-refractivity contribution < 1.29 is 18.0 Å². The van der Waals surface area contributed by atoms with Crippen molar-refractivity contribution >= 4 is 24.2 Å². The van der Waals surface area contributed by atoms with Crippen LogP contribution in [0.2, 0.25) is 0 Å². The molecule has 0 radical (unpaired) electrons. The van der Waals surface area contributed by atoms with E-state index in [4.69, 9.17) is 0 Å². The zero-order chi connectivity index (χ0) is 12.6. The van der Waals surface area contributed by atoms with Crippen molar-refractivity contribution in [1.29, 1.82) is 0 Å². The highest BCUT2D eigenvalue weighted by Gasteiger charge is 2.33. The lowest BCUT2D eigenvalue weighted by Gasteiger charge is -2.17. The van der Waals surface area contributed by atoms with E-state index in [1.807, 2.05) is 0 Å². The van der Waals surface area contributed by atoms with Gasteiger partial charge in [0.1, 0.15) is 0 Å². The molecule has 1 aliphatic rings. The lowest BCUT2D eigenvalue weighted by atomic mass is 10.2. The fourth-order valence-electron chi connectivity index (χ4n) is 1.67.